The van der Waals surface area contributed by atoms with E-state index in [1.165, 1.54) is 18.4 Å². The molecule has 0 aliphatic carbocycles. The second-order valence-corrected chi connectivity index (χ2v) is 6.16. The fourth-order valence-corrected chi connectivity index (χ4v) is 3.14. The minimum absolute atomic E-state index is 0.351. The first-order valence-corrected chi connectivity index (χ1v) is 8.28. The number of rotatable bonds is 8. The molecule has 1 aromatic rings. The molecular formula is C18H29NO2. The van der Waals surface area contributed by atoms with Gasteiger partial charge in [0.2, 0.25) is 6.79 Å². The zero-order valence-corrected chi connectivity index (χ0v) is 13.8. The fourth-order valence-electron chi connectivity index (χ4n) is 3.14. The van der Waals surface area contributed by atoms with Gasteiger partial charge >= 0.3 is 0 Å². The summed E-state index contributed by atoms with van der Waals surface area (Å²) >= 11 is 0. The minimum atomic E-state index is 0.351. The maximum Gasteiger partial charge on any atom is 0.231 e. The van der Waals surface area contributed by atoms with Crippen molar-refractivity contribution < 1.29 is 9.47 Å². The number of aryl methyl sites for hydroxylation is 1. The van der Waals surface area contributed by atoms with Crippen LogP contribution in [0.4, 0.5) is 0 Å². The van der Waals surface area contributed by atoms with E-state index in [1.54, 1.807) is 0 Å². The molecule has 2 unspecified atom stereocenters. The molecule has 3 heteroatoms. The van der Waals surface area contributed by atoms with Gasteiger partial charge in [-0.3, -0.25) is 0 Å². The highest BCUT2D eigenvalue weighted by molar-refractivity contribution is 5.44. The Morgan fingerprint density at radius 2 is 1.81 bits per heavy atom. The van der Waals surface area contributed by atoms with Crippen molar-refractivity contribution in [3.8, 4) is 11.5 Å². The number of fused-ring (bicyclic) bond motifs is 1. The standard InChI is InChI=1S/C18H29NO2/c1-5-16(6-2)14(4)19-13(3)7-8-15-9-10-17-18(11-15)21-12-20-17/h9-11,13-14,16,19H,5-8,12H2,1-4H3. The van der Waals surface area contributed by atoms with Crippen LogP contribution in [0.5, 0.6) is 11.5 Å². The van der Waals surface area contributed by atoms with E-state index in [-0.39, 0.29) is 0 Å². The van der Waals surface area contributed by atoms with Crippen molar-refractivity contribution in [1.82, 2.24) is 5.32 Å². The van der Waals surface area contributed by atoms with Gasteiger partial charge in [-0.05, 0) is 50.3 Å². The molecule has 0 radical (unpaired) electrons. The van der Waals surface area contributed by atoms with Crippen molar-refractivity contribution in [3.05, 3.63) is 23.8 Å². The molecule has 0 amide bonds. The first kappa shape index (κ1) is 16.2. The van der Waals surface area contributed by atoms with Crippen LogP contribution >= 0.6 is 0 Å². The maximum atomic E-state index is 5.43. The van der Waals surface area contributed by atoms with Gasteiger partial charge < -0.3 is 14.8 Å². The monoisotopic (exact) mass is 291 g/mol. The summed E-state index contributed by atoms with van der Waals surface area (Å²) in [5.74, 6) is 2.53. The van der Waals surface area contributed by atoms with Gasteiger partial charge in [-0.2, -0.15) is 0 Å². The maximum absolute atomic E-state index is 5.43. The molecule has 118 valence electrons. The highest BCUT2D eigenvalue weighted by atomic mass is 16.7. The van der Waals surface area contributed by atoms with E-state index in [0.717, 1.165) is 30.3 Å². The van der Waals surface area contributed by atoms with Crippen LogP contribution in [0.25, 0.3) is 0 Å². The van der Waals surface area contributed by atoms with E-state index >= 15 is 0 Å². The van der Waals surface area contributed by atoms with Crippen LogP contribution in [0.2, 0.25) is 0 Å². The Kier molecular flexibility index (Phi) is 5.92. The minimum Gasteiger partial charge on any atom is -0.454 e. The number of hydrogen-bond acceptors (Lipinski definition) is 3. The van der Waals surface area contributed by atoms with Gasteiger partial charge in [-0.15, -0.1) is 0 Å². The Morgan fingerprint density at radius 3 is 2.52 bits per heavy atom. The molecule has 1 aliphatic heterocycles. The number of benzene rings is 1. The normalized spacial score (nSPS) is 16.2. The summed E-state index contributed by atoms with van der Waals surface area (Å²) in [5.41, 5.74) is 1.32. The summed E-state index contributed by atoms with van der Waals surface area (Å²) < 4.78 is 10.8. The number of hydrogen-bond donors (Lipinski definition) is 1. The summed E-state index contributed by atoms with van der Waals surface area (Å²) in [6, 6.07) is 7.39. The van der Waals surface area contributed by atoms with Gasteiger partial charge in [0.25, 0.3) is 0 Å². The molecule has 0 fully saturated rings. The molecule has 21 heavy (non-hydrogen) atoms. The SMILES string of the molecule is CCC(CC)C(C)NC(C)CCc1ccc2c(c1)OCO2. The van der Waals surface area contributed by atoms with Crippen LogP contribution in [0.1, 0.15) is 52.5 Å². The third-order valence-electron chi connectivity index (χ3n) is 4.61. The molecule has 2 atom stereocenters. The second kappa shape index (κ2) is 7.69. The van der Waals surface area contributed by atoms with Gasteiger partial charge in [0.05, 0.1) is 0 Å². The molecule has 0 saturated carbocycles. The summed E-state index contributed by atoms with van der Waals surface area (Å²) in [6.07, 6.45) is 4.71. The Morgan fingerprint density at radius 1 is 1.10 bits per heavy atom. The Balaban J connectivity index is 1.79. The fraction of sp³-hybridized carbons (Fsp3) is 0.667. The van der Waals surface area contributed by atoms with E-state index in [0.29, 0.717) is 18.9 Å². The van der Waals surface area contributed by atoms with Crippen molar-refractivity contribution in [1.29, 1.82) is 0 Å². The summed E-state index contributed by atoms with van der Waals surface area (Å²) in [5, 5.41) is 3.75. The molecule has 3 nitrogen and oxygen atoms in total. The molecule has 1 aromatic carbocycles. The Hall–Kier alpha value is -1.22. The second-order valence-electron chi connectivity index (χ2n) is 6.16. The highest BCUT2D eigenvalue weighted by Crippen LogP contribution is 2.32. The van der Waals surface area contributed by atoms with Crippen LogP contribution < -0.4 is 14.8 Å². The van der Waals surface area contributed by atoms with Gasteiger partial charge in [0.1, 0.15) is 0 Å². The third kappa shape index (κ3) is 4.37. The van der Waals surface area contributed by atoms with Crippen molar-refractivity contribution in [3.63, 3.8) is 0 Å². The predicted molar refractivity (Wildman–Crippen MR) is 87.0 cm³/mol. The van der Waals surface area contributed by atoms with Crippen LogP contribution in [-0.4, -0.2) is 18.9 Å². The predicted octanol–water partition coefficient (Wildman–Crippen LogP) is 4.15. The molecule has 2 rings (SSSR count). The smallest absolute Gasteiger partial charge is 0.231 e. The molecule has 1 aliphatic rings. The molecule has 1 N–H and O–H groups in total. The van der Waals surface area contributed by atoms with E-state index < -0.39 is 0 Å². The lowest BCUT2D eigenvalue weighted by molar-refractivity contribution is 0.174. The lowest BCUT2D eigenvalue weighted by atomic mass is 9.94. The molecule has 0 spiro atoms. The zero-order chi connectivity index (χ0) is 15.2. The summed E-state index contributed by atoms with van der Waals surface area (Å²) in [4.78, 5) is 0. The van der Waals surface area contributed by atoms with Crippen LogP contribution in [0.15, 0.2) is 18.2 Å². The number of ether oxygens (including phenoxy) is 2. The lowest BCUT2D eigenvalue weighted by Crippen LogP contribution is -2.39. The van der Waals surface area contributed by atoms with Crippen LogP contribution in [-0.2, 0) is 6.42 Å². The zero-order valence-electron chi connectivity index (χ0n) is 13.8. The Bertz CT molecular complexity index is 443. The van der Waals surface area contributed by atoms with Gasteiger partial charge in [-0.25, -0.2) is 0 Å². The summed E-state index contributed by atoms with van der Waals surface area (Å²) in [7, 11) is 0. The van der Waals surface area contributed by atoms with E-state index in [2.05, 4.69) is 45.1 Å². The van der Waals surface area contributed by atoms with Crippen LogP contribution in [0, 0.1) is 5.92 Å². The van der Waals surface area contributed by atoms with Crippen LogP contribution in [0.3, 0.4) is 0 Å². The Labute approximate surface area is 129 Å². The van der Waals surface area contributed by atoms with Crippen molar-refractivity contribution in [2.45, 2.75) is 65.5 Å². The first-order valence-electron chi connectivity index (χ1n) is 8.28. The molecule has 0 bridgehead atoms. The largest absolute Gasteiger partial charge is 0.454 e. The average molecular weight is 291 g/mol. The van der Waals surface area contributed by atoms with Crippen molar-refractivity contribution in [2.24, 2.45) is 5.92 Å². The van der Waals surface area contributed by atoms with E-state index in [9.17, 15) is 0 Å². The quantitative estimate of drug-likeness (QED) is 0.780. The molecular weight excluding hydrogens is 262 g/mol. The van der Waals surface area contributed by atoms with Gasteiger partial charge in [-0.1, -0.05) is 32.8 Å². The third-order valence-corrected chi connectivity index (χ3v) is 4.61. The first-order chi connectivity index (χ1) is 10.1. The summed E-state index contributed by atoms with van der Waals surface area (Å²) in [6.45, 7) is 9.51. The lowest BCUT2D eigenvalue weighted by Gasteiger charge is -2.26. The van der Waals surface area contributed by atoms with Gasteiger partial charge in [0, 0.05) is 12.1 Å². The molecule has 0 aromatic heterocycles. The molecule has 0 saturated heterocycles. The van der Waals surface area contributed by atoms with E-state index in [4.69, 9.17) is 9.47 Å². The highest BCUT2D eigenvalue weighted by Gasteiger charge is 2.16. The molecule has 1 heterocycles. The number of nitrogens with one attached hydrogen (secondary N) is 1. The average Bonchev–Trinajstić information content (AvgIpc) is 2.93. The van der Waals surface area contributed by atoms with Crippen molar-refractivity contribution in [2.75, 3.05) is 6.79 Å². The van der Waals surface area contributed by atoms with Crippen molar-refractivity contribution >= 4 is 0 Å². The topological polar surface area (TPSA) is 30.5 Å². The van der Waals surface area contributed by atoms with E-state index in [1.807, 2.05) is 6.07 Å². The van der Waals surface area contributed by atoms with Gasteiger partial charge in [0.15, 0.2) is 11.5 Å².